The van der Waals surface area contributed by atoms with Crippen LogP contribution in [0.4, 0.5) is 5.69 Å². The van der Waals surface area contributed by atoms with Gasteiger partial charge in [-0.3, -0.25) is 14.2 Å². The second-order valence-electron chi connectivity index (χ2n) is 5.78. The molecule has 26 heavy (non-hydrogen) atoms. The van der Waals surface area contributed by atoms with Crippen molar-refractivity contribution in [1.82, 2.24) is 4.57 Å². The number of allylic oxidation sites excluding steroid dienone is 1. The van der Waals surface area contributed by atoms with Crippen LogP contribution in [0.3, 0.4) is 0 Å². The highest BCUT2D eigenvalue weighted by molar-refractivity contribution is 7.16. The molecule has 0 atom stereocenters. The molecule has 3 rings (SSSR count). The molecule has 0 saturated heterocycles. The van der Waals surface area contributed by atoms with Crippen LogP contribution >= 0.6 is 11.3 Å². The van der Waals surface area contributed by atoms with Gasteiger partial charge in [-0.15, -0.1) is 6.58 Å². The first-order valence-electron chi connectivity index (χ1n) is 8.36. The monoisotopic (exact) mass is 368 g/mol. The van der Waals surface area contributed by atoms with E-state index in [2.05, 4.69) is 18.8 Å². The number of nitrogens with one attached hydrogen (secondary N) is 1. The van der Waals surface area contributed by atoms with E-state index in [4.69, 9.17) is 4.74 Å². The predicted molar refractivity (Wildman–Crippen MR) is 106 cm³/mol. The standard InChI is InChI=1S/C20H20N2O3S/c1-3-11-22-17-10-7-15(12-18(17)26-20(22)24)21-19(23)13-25-16-8-5-14(4-2)6-9-16/h3,5-10,12H,1,4,11,13H2,2H3,(H,21,23). The minimum atomic E-state index is -0.248. The first kappa shape index (κ1) is 17.9. The first-order chi connectivity index (χ1) is 12.6. The van der Waals surface area contributed by atoms with Crippen molar-refractivity contribution in [2.75, 3.05) is 11.9 Å². The van der Waals surface area contributed by atoms with Gasteiger partial charge in [0.15, 0.2) is 6.61 Å². The molecular formula is C20H20N2O3S. The van der Waals surface area contributed by atoms with Gasteiger partial charge in [0.1, 0.15) is 5.75 Å². The van der Waals surface area contributed by atoms with Gasteiger partial charge in [0, 0.05) is 12.2 Å². The topological polar surface area (TPSA) is 60.3 Å². The molecule has 0 unspecified atom stereocenters. The second kappa shape index (κ2) is 8.01. The second-order valence-corrected chi connectivity index (χ2v) is 6.78. The fourth-order valence-corrected chi connectivity index (χ4v) is 3.55. The summed E-state index contributed by atoms with van der Waals surface area (Å²) in [5.41, 5.74) is 2.70. The molecule has 5 nitrogen and oxygen atoms in total. The molecule has 0 aliphatic rings. The highest BCUT2D eigenvalue weighted by Crippen LogP contribution is 2.22. The van der Waals surface area contributed by atoms with Crippen LogP contribution in [0.1, 0.15) is 12.5 Å². The molecule has 6 heteroatoms. The van der Waals surface area contributed by atoms with Gasteiger partial charge in [-0.05, 0) is 42.3 Å². The Kier molecular flexibility index (Phi) is 5.53. The summed E-state index contributed by atoms with van der Waals surface area (Å²) in [6.45, 7) is 6.15. The fourth-order valence-electron chi connectivity index (χ4n) is 2.61. The number of carbonyl (C=O) groups is 1. The maximum Gasteiger partial charge on any atom is 0.308 e. The van der Waals surface area contributed by atoms with Crippen molar-refractivity contribution in [1.29, 1.82) is 0 Å². The lowest BCUT2D eigenvalue weighted by Gasteiger charge is -2.08. The van der Waals surface area contributed by atoms with Crippen LogP contribution < -0.4 is 14.9 Å². The van der Waals surface area contributed by atoms with E-state index in [0.29, 0.717) is 18.0 Å². The molecule has 134 valence electrons. The lowest BCUT2D eigenvalue weighted by Crippen LogP contribution is -2.20. The van der Waals surface area contributed by atoms with Gasteiger partial charge < -0.3 is 10.1 Å². The molecular weight excluding hydrogens is 348 g/mol. The zero-order chi connectivity index (χ0) is 18.5. The smallest absolute Gasteiger partial charge is 0.308 e. The summed E-state index contributed by atoms with van der Waals surface area (Å²) in [6.07, 6.45) is 2.65. The van der Waals surface area contributed by atoms with Crippen molar-refractivity contribution in [3.05, 3.63) is 70.4 Å². The number of thiazole rings is 1. The van der Waals surface area contributed by atoms with Crippen molar-refractivity contribution in [3.63, 3.8) is 0 Å². The molecule has 0 aliphatic heterocycles. The molecule has 0 saturated carbocycles. The van der Waals surface area contributed by atoms with Crippen LogP contribution in [0, 0.1) is 0 Å². The van der Waals surface area contributed by atoms with Gasteiger partial charge in [-0.2, -0.15) is 0 Å². The van der Waals surface area contributed by atoms with Gasteiger partial charge >= 0.3 is 4.87 Å². The van der Waals surface area contributed by atoms with Crippen molar-refractivity contribution in [2.45, 2.75) is 19.9 Å². The molecule has 1 aromatic heterocycles. The molecule has 1 heterocycles. The average Bonchev–Trinajstić information content (AvgIpc) is 2.95. The third kappa shape index (κ3) is 4.03. The maximum atomic E-state index is 12.1. The minimum Gasteiger partial charge on any atom is -0.484 e. The van der Waals surface area contributed by atoms with Crippen molar-refractivity contribution >= 4 is 33.1 Å². The van der Waals surface area contributed by atoms with Gasteiger partial charge in [0.05, 0.1) is 10.2 Å². The normalized spacial score (nSPS) is 10.7. The number of hydrogen-bond acceptors (Lipinski definition) is 4. The van der Waals surface area contributed by atoms with Gasteiger partial charge in [0.25, 0.3) is 5.91 Å². The molecule has 0 radical (unpaired) electrons. The Labute approximate surface area is 155 Å². The van der Waals surface area contributed by atoms with Crippen molar-refractivity contribution in [3.8, 4) is 5.75 Å². The number of aryl methyl sites for hydroxylation is 1. The van der Waals surface area contributed by atoms with E-state index in [-0.39, 0.29) is 17.4 Å². The predicted octanol–water partition coefficient (Wildman–Crippen LogP) is 3.83. The number of anilines is 1. The zero-order valence-corrected chi connectivity index (χ0v) is 15.3. The number of ether oxygens (including phenoxy) is 1. The quantitative estimate of drug-likeness (QED) is 0.645. The largest absolute Gasteiger partial charge is 0.484 e. The number of nitrogens with zero attached hydrogens (tertiary/aromatic N) is 1. The Morgan fingerprint density at radius 3 is 2.73 bits per heavy atom. The van der Waals surface area contributed by atoms with E-state index >= 15 is 0 Å². The van der Waals surface area contributed by atoms with E-state index in [9.17, 15) is 9.59 Å². The molecule has 0 bridgehead atoms. The van der Waals surface area contributed by atoms with Gasteiger partial charge in [-0.1, -0.05) is 36.5 Å². The number of carbonyl (C=O) groups excluding carboxylic acids is 1. The highest BCUT2D eigenvalue weighted by atomic mass is 32.1. The molecule has 0 fully saturated rings. The fraction of sp³-hybridized carbons (Fsp3) is 0.200. The van der Waals surface area contributed by atoms with Gasteiger partial charge in [-0.25, -0.2) is 0 Å². The summed E-state index contributed by atoms with van der Waals surface area (Å²) in [5.74, 6) is 0.411. The number of amides is 1. The van der Waals surface area contributed by atoms with Crippen LogP contribution in [-0.4, -0.2) is 17.1 Å². The highest BCUT2D eigenvalue weighted by Gasteiger charge is 2.09. The van der Waals surface area contributed by atoms with E-state index < -0.39 is 0 Å². The molecule has 1 N–H and O–H groups in total. The van der Waals surface area contributed by atoms with E-state index in [0.717, 1.165) is 28.0 Å². The van der Waals surface area contributed by atoms with E-state index in [1.165, 1.54) is 5.56 Å². The van der Waals surface area contributed by atoms with Crippen molar-refractivity contribution < 1.29 is 9.53 Å². The summed E-state index contributed by atoms with van der Waals surface area (Å²) < 4.78 is 7.99. The summed E-state index contributed by atoms with van der Waals surface area (Å²) >= 11 is 1.15. The summed E-state index contributed by atoms with van der Waals surface area (Å²) in [5, 5.41) is 2.80. The van der Waals surface area contributed by atoms with Crippen LogP contribution in [-0.2, 0) is 17.8 Å². The summed E-state index contributed by atoms with van der Waals surface area (Å²) in [7, 11) is 0. The Bertz CT molecular complexity index is 986. The molecule has 3 aromatic rings. The average molecular weight is 368 g/mol. The number of fused-ring (bicyclic) bond motifs is 1. The lowest BCUT2D eigenvalue weighted by atomic mass is 10.2. The van der Waals surface area contributed by atoms with Gasteiger partial charge in [0.2, 0.25) is 0 Å². The van der Waals surface area contributed by atoms with Crippen LogP contribution in [0.2, 0.25) is 0 Å². The summed E-state index contributed by atoms with van der Waals surface area (Å²) in [4.78, 5) is 24.1. The Morgan fingerprint density at radius 2 is 2.04 bits per heavy atom. The Balaban J connectivity index is 1.65. The third-order valence-corrected chi connectivity index (χ3v) is 4.91. The van der Waals surface area contributed by atoms with Crippen LogP contribution in [0.25, 0.3) is 10.2 Å². The SMILES string of the molecule is C=CCn1c(=O)sc2cc(NC(=O)COc3ccc(CC)cc3)ccc21. The number of rotatable bonds is 7. The lowest BCUT2D eigenvalue weighted by molar-refractivity contribution is -0.118. The van der Waals surface area contributed by atoms with Crippen LogP contribution in [0.15, 0.2) is 59.9 Å². The molecule has 0 aliphatic carbocycles. The molecule has 0 spiro atoms. The number of hydrogen-bond donors (Lipinski definition) is 1. The van der Waals surface area contributed by atoms with E-state index in [1.54, 1.807) is 22.8 Å². The van der Waals surface area contributed by atoms with E-state index in [1.807, 2.05) is 30.3 Å². The molecule has 2 aromatic carbocycles. The maximum absolute atomic E-state index is 12.1. The number of aromatic nitrogens is 1. The number of benzene rings is 2. The minimum absolute atomic E-state index is 0.0396. The van der Waals surface area contributed by atoms with Crippen LogP contribution in [0.5, 0.6) is 5.75 Å². The first-order valence-corrected chi connectivity index (χ1v) is 9.18. The Hall–Kier alpha value is -2.86. The summed E-state index contributed by atoms with van der Waals surface area (Å²) in [6, 6.07) is 13.1. The third-order valence-electron chi connectivity index (χ3n) is 3.97. The Morgan fingerprint density at radius 1 is 1.27 bits per heavy atom. The van der Waals surface area contributed by atoms with Crippen molar-refractivity contribution in [2.24, 2.45) is 0 Å². The molecule has 1 amide bonds. The zero-order valence-electron chi connectivity index (χ0n) is 14.5.